The average molecular weight is 241 g/mol. The number of aliphatic hydroxyl groups is 1. The fourth-order valence-electron chi connectivity index (χ4n) is 2.62. The van der Waals surface area contributed by atoms with Crippen LogP contribution in [0.1, 0.15) is 60.3 Å². The summed E-state index contributed by atoms with van der Waals surface area (Å²) >= 11 is 0. The van der Waals surface area contributed by atoms with E-state index in [1.807, 2.05) is 0 Å². The highest BCUT2D eigenvalue weighted by atomic mass is 16.3. The molecule has 0 bridgehead atoms. The summed E-state index contributed by atoms with van der Waals surface area (Å²) in [6, 6.07) is 0. The van der Waals surface area contributed by atoms with E-state index in [-0.39, 0.29) is 0 Å². The van der Waals surface area contributed by atoms with Crippen molar-refractivity contribution in [2.75, 3.05) is 13.1 Å². The minimum atomic E-state index is -0.449. The molecule has 102 valence electrons. The first-order chi connectivity index (χ1) is 7.73. The number of hydrogen-bond acceptors (Lipinski definition) is 2. The van der Waals surface area contributed by atoms with Crippen molar-refractivity contribution >= 4 is 0 Å². The fraction of sp³-hybridized carbons (Fsp3) is 1.00. The van der Waals surface area contributed by atoms with Crippen LogP contribution in [0, 0.1) is 17.3 Å². The molecule has 3 atom stereocenters. The first kappa shape index (κ1) is 15.0. The lowest BCUT2D eigenvalue weighted by molar-refractivity contribution is -0.0129. The van der Waals surface area contributed by atoms with E-state index in [2.05, 4.69) is 39.9 Å². The Hall–Kier alpha value is -0.0800. The van der Waals surface area contributed by atoms with Crippen molar-refractivity contribution in [2.45, 2.75) is 65.9 Å². The summed E-state index contributed by atoms with van der Waals surface area (Å²) in [5.74, 6) is 1.31. The van der Waals surface area contributed by atoms with Gasteiger partial charge in [-0.05, 0) is 36.6 Å². The monoisotopic (exact) mass is 241 g/mol. The van der Waals surface area contributed by atoms with Gasteiger partial charge in [0, 0.05) is 6.54 Å². The standard InChI is InChI=1S/C15H31NO/c1-12-7-6-8-15(17,9-12)11-16-10-13(2)14(3,4)5/h12-13,16-17H,6-11H2,1-5H3. The van der Waals surface area contributed by atoms with Crippen LogP contribution in [0.3, 0.4) is 0 Å². The first-order valence-corrected chi connectivity index (χ1v) is 7.16. The van der Waals surface area contributed by atoms with Crippen molar-refractivity contribution < 1.29 is 5.11 Å². The second-order valence-electron chi connectivity index (χ2n) is 7.32. The Kier molecular flexibility index (Phi) is 5.03. The van der Waals surface area contributed by atoms with Crippen LogP contribution in [0.5, 0.6) is 0 Å². The third-order valence-electron chi connectivity index (χ3n) is 4.45. The predicted octanol–water partition coefficient (Wildman–Crippen LogP) is 3.20. The molecule has 0 saturated heterocycles. The van der Waals surface area contributed by atoms with Gasteiger partial charge in [0.2, 0.25) is 0 Å². The molecule has 1 aliphatic rings. The van der Waals surface area contributed by atoms with Gasteiger partial charge in [0.25, 0.3) is 0 Å². The maximum atomic E-state index is 10.5. The number of rotatable bonds is 4. The maximum absolute atomic E-state index is 10.5. The van der Waals surface area contributed by atoms with Crippen LogP contribution in [0.4, 0.5) is 0 Å². The lowest BCUT2D eigenvalue weighted by Gasteiger charge is -2.36. The molecule has 0 aromatic rings. The van der Waals surface area contributed by atoms with E-state index in [1.165, 1.54) is 12.8 Å². The summed E-state index contributed by atoms with van der Waals surface area (Å²) in [7, 11) is 0. The Labute approximate surface area is 107 Å². The van der Waals surface area contributed by atoms with E-state index in [1.54, 1.807) is 0 Å². The van der Waals surface area contributed by atoms with Crippen molar-refractivity contribution in [3.8, 4) is 0 Å². The molecular formula is C15H31NO. The molecule has 0 aliphatic heterocycles. The number of nitrogens with one attached hydrogen (secondary N) is 1. The molecule has 0 aromatic heterocycles. The molecule has 1 saturated carbocycles. The van der Waals surface area contributed by atoms with Gasteiger partial charge in [0.1, 0.15) is 0 Å². The van der Waals surface area contributed by atoms with E-state index in [0.717, 1.165) is 25.9 Å². The molecule has 0 radical (unpaired) electrons. The molecule has 0 spiro atoms. The molecule has 0 amide bonds. The smallest absolute Gasteiger partial charge is 0.0774 e. The van der Waals surface area contributed by atoms with E-state index < -0.39 is 5.60 Å². The molecule has 17 heavy (non-hydrogen) atoms. The van der Waals surface area contributed by atoms with Crippen molar-refractivity contribution in [1.29, 1.82) is 0 Å². The normalized spacial score (nSPS) is 32.5. The third kappa shape index (κ3) is 4.97. The van der Waals surface area contributed by atoms with Gasteiger partial charge in [0.15, 0.2) is 0 Å². The summed E-state index contributed by atoms with van der Waals surface area (Å²) in [5, 5.41) is 14.0. The van der Waals surface area contributed by atoms with Crippen LogP contribution in [-0.4, -0.2) is 23.8 Å². The molecule has 1 rings (SSSR count). The van der Waals surface area contributed by atoms with Gasteiger partial charge in [-0.15, -0.1) is 0 Å². The largest absolute Gasteiger partial charge is 0.389 e. The van der Waals surface area contributed by atoms with Gasteiger partial charge < -0.3 is 10.4 Å². The van der Waals surface area contributed by atoms with Crippen LogP contribution in [-0.2, 0) is 0 Å². The molecule has 0 aromatic carbocycles. The zero-order chi connectivity index (χ0) is 13.1. The van der Waals surface area contributed by atoms with Gasteiger partial charge >= 0.3 is 0 Å². The molecule has 1 fully saturated rings. The molecule has 1 aliphatic carbocycles. The van der Waals surface area contributed by atoms with Gasteiger partial charge in [-0.1, -0.05) is 47.5 Å². The van der Waals surface area contributed by atoms with Crippen molar-refractivity contribution in [1.82, 2.24) is 5.32 Å². The van der Waals surface area contributed by atoms with E-state index >= 15 is 0 Å². The second-order valence-corrected chi connectivity index (χ2v) is 7.32. The molecule has 2 N–H and O–H groups in total. The molecule has 2 heteroatoms. The molecule has 2 nitrogen and oxygen atoms in total. The van der Waals surface area contributed by atoms with Crippen molar-refractivity contribution in [3.63, 3.8) is 0 Å². The molecular weight excluding hydrogens is 210 g/mol. The summed E-state index contributed by atoms with van der Waals surface area (Å²) < 4.78 is 0. The Morgan fingerprint density at radius 2 is 2.06 bits per heavy atom. The average Bonchev–Trinajstić information content (AvgIpc) is 2.15. The summed E-state index contributed by atoms with van der Waals surface area (Å²) in [6.45, 7) is 13.1. The quantitative estimate of drug-likeness (QED) is 0.792. The maximum Gasteiger partial charge on any atom is 0.0774 e. The van der Waals surface area contributed by atoms with Crippen molar-refractivity contribution in [3.05, 3.63) is 0 Å². The third-order valence-corrected chi connectivity index (χ3v) is 4.45. The van der Waals surface area contributed by atoms with Gasteiger partial charge in [0.05, 0.1) is 5.60 Å². The zero-order valence-electron chi connectivity index (χ0n) is 12.3. The highest BCUT2D eigenvalue weighted by molar-refractivity contribution is 4.87. The predicted molar refractivity (Wildman–Crippen MR) is 74.1 cm³/mol. The Balaban J connectivity index is 2.30. The lowest BCUT2D eigenvalue weighted by Crippen LogP contribution is -2.45. The topological polar surface area (TPSA) is 32.3 Å². The highest BCUT2D eigenvalue weighted by Crippen LogP contribution is 2.32. The van der Waals surface area contributed by atoms with E-state index in [4.69, 9.17) is 0 Å². The molecule has 0 heterocycles. The van der Waals surface area contributed by atoms with Crippen molar-refractivity contribution in [2.24, 2.45) is 17.3 Å². The van der Waals surface area contributed by atoms with Crippen LogP contribution < -0.4 is 5.32 Å². The minimum absolute atomic E-state index is 0.343. The van der Waals surface area contributed by atoms with Gasteiger partial charge in [-0.25, -0.2) is 0 Å². The summed E-state index contributed by atoms with van der Waals surface area (Å²) in [4.78, 5) is 0. The lowest BCUT2D eigenvalue weighted by atomic mass is 9.78. The Bertz CT molecular complexity index is 234. The van der Waals surface area contributed by atoms with E-state index in [9.17, 15) is 5.11 Å². The molecule has 3 unspecified atom stereocenters. The summed E-state index contributed by atoms with van der Waals surface area (Å²) in [5.41, 5.74) is -0.106. The Morgan fingerprint density at radius 3 is 2.59 bits per heavy atom. The van der Waals surface area contributed by atoms with E-state index in [0.29, 0.717) is 17.3 Å². The van der Waals surface area contributed by atoms with Gasteiger partial charge in [-0.2, -0.15) is 0 Å². The van der Waals surface area contributed by atoms with Gasteiger partial charge in [-0.3, -0.25) is 0 Å². The van der Waals surface area contributed by atoms with Crippen LogP contribution >= 0.6 is 0 Å². The summed E-state index contributed by atoms with van der Waals surface area (Å²) in [6.07, 6.45) is 4.38. The highest BCUT2D eigenvalue weighted by Gasteiger charge is 2.32. The fourth-order valence-corrected chi connectivity index (χ4v) is 2.62. The first-order valence-electron chi connectivity index (χ1n) is 7.16. The Morgan fingerprint density at radius 1 is 1.41 bits per heavy atom. The zero-order valence-corrected chi connectivity index (χ0v) is 12.3. The second kappa shape index (κ2) is 5.71. The SMILES string of the molecule is CC1CCCC(O)(CNCC(C)C(C)(C)C)C1. The van der Waals surface area contributed by atoms with Crippen LogP contribution in [0.2, 0.25) is 0 Å². The minimum Gasteiger partial charge on any atom is -0.389 e. The van der Waals surface area contributed by atoms with Crippen LogP contribution in [0.25, 0.3) is 0 Å². The number of hydrogen-bond donors (Lipinski definition) is 2. The van der Waals surface area contributed by atoms with Crippen LogP contribution in [0.15, 0.2) is 0 Å².